The molecule has 0 aliphatic carbocycles. The lowest BCUT2D eigenvalue weighted by molar-refractivity contribution is -0.121. The summed E-state index contributed by atoms with van der Waals surface area (Å²) in [6.45, 7) is 3.18. The van der Waals surface area contributed by atoms with Crippen molar-refractivity contribution >= 4 is 40.2 Å². The van der Waals surface area contributed by atoms with Crippen LogP contribution in [0.4, 0.5) is 5.69 Å². The average Bonchev–Trinajstić information content (AvgIpc) is 3.32. The fraction of sp³-hybridized carbons (Fsp3) is 0.250. The van der Waals surface area contributed by atoms with E-state index in [4.69, 9.17) is 16.0 Å². The van der Waals surface area contributed by atoms with E-state index in [-0.39, 0.29) is 23.7 Å². The van der Waals surface area contributed by atoms with Crippen molar-refractivity contribution in [3.8, 4) is 11.5 Å². The van der Waals surface area contributed by atoms with Gasteiger partial charge < -0.3 is 14.6 Å². The molecule has 1 atom stereocenters. The highest BCUT2D eigenvalue weighted by Crippen LogP contribution is 2.29. The van der Waals surface area contributed by atoms with Crippen LogP contribution in [0.2, 0.25) is 5.02 Å². The Morgan fingerprint density at radius 1 is 1.03 bits per heavy atom. The summed E-state index contributed by atoms with van der Waals surface area (Å²) < 4.78 is 5.87. The maximum atomic E-state index is 13.2. The number of benzene rings is 3. The second kappa shape index (κ2) is 9.92. The lowest BCUT2D eigenvalue weighted by Gasteiger charge is -2.34. The Morgan fingerprint density at radius 2 is 1.80 bits per heavy atom. The summed E-state index contributed by atoms with van der Waals surface area (Å²) in [4.78, 5) is 32.4. The van der Waals surface area contributed by atoms with Gasteiger partial charge in [0.05, 0.1) is 0 Å². The van der Waals surface area contributed by atoms with Crippen LogP contribution < -0.4 is 5.32 Å². The highest BCUT2D eigenvalue weighted by molar-refractivity contribution is 6.30. The van der Waals surface area contributed by atoms with E-state index in [0.717, 1.165) is 18.4 Å². The number of hydrogen-bond donors (Lipinski definition) is 1. The van der Waals surface area contributed by atoms with Gasteiger partial charge in [-0.15, -0.1) is 0 Å². The first-order valence-electron chi connectivity index (χ1n) is 11.8. The van der Waals surface area contributed by atoms with Crippen molar-refractivity contribution < 1.29 is 14.0 Å². The van der Waals surface area contributed by atoms with E-state index in [2.05, 4.69) is 10.3 Å². The van der Waals surface area contributed by atoms with Crippen LogP contribution in [-0.4, -0.2) is 34.8 Å². The van der Waals surface area contributed by atoms with Gasteiger partial charge in [-0.05, 0) is 67.3 Å². The number of piperidine rings is 1. The van der Waals surface area contributed by atoms with Crippen LogP contribution in [0.1, 0.15) is 30.1 Å². The molecular formula is C28H26ClN3O3. The van der Waals surface area contributed by atoms with E-state index in [9.17, 15) is 9.59 Å². The molecule has 2 heterocycles. The van der Waals surface area contributed by atoms with Gasteiger partial charge >= 0.3 is 0 Å². The van der Waals surface area contributed by atoms with Gasteiger partial charge in [-0.2, -0.15) is 0 Å². The minimum Gasteiger partial charge on any atom is -0.436 e. The molecule has 7 heteroatoms. The number of likely N-dealkylation sites (tertiary alicyclic amines) is 1. The first kappa shape index (κ1) is 23.1. The highest BCUT2D eigenvalue weighted by atomic mass is 35.5. The minimum atomic E-state index is -0.158. The third-order valence-electron chi connectivity index (χ3n) is 6.69. The van der Waals surface area contributed by atoms with Crippen molar-refractivity contribution in [2.75, 3.05) is 18.4 Å². The largest absolute Gasteiger partial charge is 0.436 e. The summed E-state index contributed by atoms with van der Waals surface area (Å²) in [5.74, 6) is 0.545. The Hall–Kier alpha value is -3.64. The van der Waals surface area contributed by atoms with Gasteiger partial charge in [0, 0.05) is 40.8 Å². The third-order valence-corrected chi connectivity index (χ3v) is 6.93. The van der Waals surface area contributed by atoms with Crippen LogP contribution in [0.15, 0.2) is 77.2 Å². The maximum absolute atomic E-state index is 13.2. The van der Waals surface area contributed by atoms with Crippen molar-refractivity contribution in [3.05, 3.63) is 83.4 Å². The molecule has 1 aromatic heterocycles. The summed E-state index contributed by atoms with van der Waals surface area (Å²) >= 11 is 6.02. The topological polar surface area (TPSA) is 75.4 Å². The van der Waals surface area contributed by atoms with E-state index < -0.39 is 0 Å². The van der Waals surface area contributed by atoms with Gasteiger partial charge in [-0.25, -0.2) is 4.98 Å². The number of hydrogen-bond acceptors (Lipinski definition) is 4. The molecule has 1 N–H and O–H groups in total. The third kappa shape index (κ3) is 5.08. The van der Waals surface area contributed by atoms with Crippen molar-refractivity contribution in [3.63, 3.8) is 0 Å². The number of amides is 2. The van der Waals surface area contributed by atoms with Crippen LogP contribution in [0.3, 0.4) is 0 Å². The molecule has 1 aliphatic rings. The lowest BCUT2D eigenvalue weighted by Crippen LogP contribution is -2.41. The van der Waals surface area contributed by atoms with E-state index in [1.165, 1.54) is 0 Å². The number of carbonyl (C=O) groups excluding carboxylic acids is 2. The number of oxazole rings is 1. The van der Waals surface area contributed by atoms with Crippen LogP contribution in [0.5, 0.6) is 0 Å². The molecule has 3 aromatic carbocycles. The standard InChI is InChI=1S/C28H26ClN3O3/c1-18(26(33)30-23-9-5-8-22(29)17-23)19-12-14-32(15-13-19)28(34)21-10-11-25-24(16-21)31-27(35-25)20-6-3-2-4-7-20/h2-11,16-19H,12-15H2,1H3,(H,30,33)/t18-/m1/s1. The number of anilines is 1. The molecule has 4 aromatic rings. The Bertz CT molecular complexity index is 1360. The van der Waals surface area contributed by atoms with Gasteiger partial charge in [-0.1, -0.05) is 42.8 Å². The summed E-state index contributed by atoms with van der Waals surface area (Å²) in [6.07, 6.45) is 1.56. The smallest absolute Gasteiger partial charge is 0.253 e. The maximum Gasteiger partial charge on any atom is 0.253 e. The minimum absolute atomic E-state index is 0.0226. The Balaban J connectivity index is 1.21. The number of halogens is 1. The number of carbonyl (C=O) groups is 2. The molecule has 0 unspecified atom stereocenters. The molecule has 35 heavy (non-hydrogen) atoms. The molecule has 0 saturated carbocycles. The second-order valence-electron chi connectivity index (χ2n) is 8.99. The SMILES string of the molecule is C[C@@H](C(=O)Nc1cccc(Cl)c1)C1CCN(C(=O)c2ccc3oc(-c4ccccc4)nc3c2)CC1. The zero-order valence-electron chi connectivity index (χ0n) is 19.4. The summed E-state index contributed by atoms with van der Waals surface area (Å²) in [6, 6.07) is 22.2. The normalized spacial score (nSPS) is 15.2. The molecule has 5 rings (SSSR count). The summed E-state index contributed by atoms with van der Waals surface area (Å²) in [7, 11) is 0. The summed E-state index contributed by atoms with van der Waals surface area (Å²) in [5, 5.41) is 3.54. The highest BCUT2D eigenvalue weighted by Gasteiger charge is 2.30. The lowest BCUT2D eigenvalue weighted by atomic mass is 9.84. The number of aromatic nitrogens is 1. The Labute approximate surface area is 208 Å². The molecular weight excluding hydrogens is 462 g/mol. The van der Waals surface area contributed by atoms with Crippen LogP contribution in [0, 0.1) is 11.8 Å². The van der Waals surface area contributed by atoms with Crippen molar-refractivity contribution in [1.29, 1.82) is 0 Å². The van der Waals surface area contributed by atoms with Crippen molar-refractivity contribution in [2.45, 2.75) is 19.8 Å². The average molecular weight is 488 g/mol. The molecule has 0 spiro atoms. The predicted molar refractivity (Wildman–Crippen MR) is 137 cm³/mol. The van der Waals surface area contributed by atoms with Crippen molar-refractivity contribution in [2.24, 2.45) is 11.8 Å². The van der Waals surface area contributed by atoms with Gasteiger partial charge in [0.25, 0.3) is 5.91 Å². The zero-order valence-corrected chi connectivity index (χ0v) is 20.2. The molecule has 6 nitrogen and oxygen atoms in total. The van der Waals surface area contributed by atoms with Crippen molar-refractivity contribution in [1.82, 2.24) is 9.88 Å². The second-order valence-corrected chi connectivity index (χ2v) is 9.42. The van der Waals surface area contributed by atoms with E-state index in [0.29, 0.717) is 46.4 Å². The quantitative estimate of drug-likeness (QED) is 0.359. The molecule has 0 radical (unpaired) electrons. The van der Waals surface area contributed by atoms with E-state index >= 15 is 0 Å². The van der Waals surface area contributed by atoms with E-state index in [1.54, 1.807) is 30.3 Å². The fourth-order valence-corrected chi connectivity index (χ4v) is 4.78. The van der Waals surface area contributed by atoms with Gasteiger partial charge in [-0.3, -0.25) is 9.59 Å². The Morgan fingerprint density at radius 3 is 2.54 bits per heavy atom. The van der Waals surface area contributed by atoms with Gasteiger partial charge in [0.2, 0.25) is 11.8 Å². The molecule has 1 saturated heterocycles. The van der Waals surface area contributed by atoms with Crippen LogP contribution in [-0.2, 0) is 4.79 Å². The molecule has 1 fully saturated rings. The predicted octanol–water partition coefficient (Wildman–Crippen LogP) is 6.28. The first-order chi connectivity index (χ1) is 17.0. The number of nitrogens with zero attached hydrogens (tertiary/aromatic N) is 2. The molecule has 178 valence electrons. The van der Waals surface area contributed by atoms with Gasteiger partial charge in [0.15, 0.2) is 5.58 Å². The number of rotatable bonds is 5. The zero-order chi connectivity index (χ0) is 24.4. The summed E-state index contributed by atoms with van der Waals surface area (Å²) in [5.41, 5.74) is 3.50. The number of fused-ring (bicyclic) bond motifs is 1. The fourth-order valence-electron chi connectivity index (χ4n) is 4.59. The Kier molecular flexibility index (Phi) is 6.55. The van der Waals surface area contributed by atoms with Crippen LogP contribution in [0.25, 0.3) is 22.6 Å². The first-order valence-corrected chi connectivity index (χ1v) is 12.2. The molecule has 0 bridgehead atoms. The molecule has 1 aliphatic heterocycles. The van der Waals surface area contributed by atoms with Gasteiger partial charge in [0.1, 0.15) is 5.52 Å². The monoisotopic (exact) mass is 487 g/mol. The van der Waals surface area contributed by atoms with Crippen LogP contribution >= 0.6 is 11.6 Å². The van der Waals surface area contributed by atoms with E-state index in [1.807, 2.05) is 54.3 Å². The number of nitrogens with one attached hydrogen (secondary N) is 1. The molecule has 2 amide bonds.